The number of carbonyl (C=O) groups excluding carboxylic acids is 1. The van der Waals surface area contributed by atoms with Crippen molar-refractivity contribution >= 4 is 130 Å². The van der Waals surface area contributed by atoms with E-state index in [1.54, 1.807) is 28.8 Å². The average Bonchev–Trinajstić information content (AvgIpc) is 3.91. The van der Waals surface area contributed by atoms with Crippen LogP contribution in [0.4, 0.5) is 4.79 Å². The molecule has 2 atom stereocenters. The fourth-order valence-corrected chi connectivity index (χ4v) is 11.0. The van der Waals surface area contributed by atoms with E-state index in [-0.39, 0.29) is 61.3 Å². The first-order valence-corrected chi connectivity index (χ1v) is 27.6. The van der Waals surface area contributed by atoms with E-state index >= 15 is 0 Å². The Kier molecular flexibility index (Phi) is 28.6. The molecule has 9 N–H and O–H groups in total. The second kappa shape index (κ2) is 32.5. The summed E-state index contributed by atoms with van der Waals surface area (Å²) >= 11 is 18.1. The normalized spacial score (nSPS) is 12.2. The monoisotopic (exact) mass is 1220 g/mol. The first-order chi connectivity index (χ1) is 33.1. The Morgan fingerprint density at radius 2 is 1.14 bits per heavy atom. The Bertz CT molecular complexity index is 2650. The van der Waals surface area contributed by atoms with Crippen LogP contribution in [-0.4, -0.2) is 122 Å². The van der Waals surface area contributed by atoms with E-state index in [0.29, 0.717) is 75.7 Å². The summed E-state index contributed by atoms with van der Waals surface area (Å²) in [6, 6.07) is 21.9. The largest absolute Gasteiger partial charge is 0.506 e. The van der Waals surface area contributed by atoms with Crippen molar-refractivity contribution < 1.29 is 30.0 Å². The maximum absolute atomic E-state index is 12.8. The fraction of sp³-hybridized carbons (Fsp3) is 0.449. The number of ether oxygens (including phenoxy) is 1. The third kappa shape index (κ3) is 21.1. The van der Waals surface area contributed by atoms with Crippen LogP contribution >= 0.6 is 103 Å². The van der Waals surface area contributed by atoms with E-state index in [1.165, 1.54) is 17.7 Å². The fourth-order valence-electron chi connectivity index (χ4n) is 7.08. The second-order valence-corrected chi connectivity index (χ2v) is 22.3. The number of thiazole rings is 2. The number of nitrogens with one attached hydrogen (secondary N) is 5. The van der Waals surface area contributed by atoms with Crippen LogP contribution in [0.3, 0.4) is 0 Å². The number of halogens is 4. The molecule has 0 fully saturated rings. The number of aromatic hydroxyl groups is 2. The molecule has 6 rings (SSSR count). The van der Waals surface area contributed by atoms with Gasteiger partial charge in [-0.3, -0.25) is 9.59 Å². The molecule has 6 aromatic rings. The van der Waals surface area contributed by atoms with E-state index in [4.69, 9.17) is 27.9 Å². The number of aromatic amines is 2. The van der Waals surface area contributed by atoms with Gasteiger partial charge in [-0.05, 0) is 106 Å². The predicted octanol–water partition coefficient (Wildman–Crippen LogP) is 9.86. The van der Waals surface area contributed by atoms with Crippen molar-refractivity contribution in [1.29, 1.82) is 0 Å². The summed E-state index contributed by atoms with van der Waals surface area (Å²) in [6.45, 7) is 10.9. The van der Waals surface area contributed by atoms with E-state index in [0.717, 1.165) is 95.2 Å². The van der Waals surface area contributed by atoms with Crippen LogP contribution < -0.4 is 25.7 Å². The van der Waals surface area contributed by atoms with Crippen LogP contribution in [0.2, 0.25) is 10.0 Å². The van der Waals surface area contributed by atoms with E-state index in [1.807, 2.05) is 75.0 Å². The maximum Gasteiger partial charge on any atom is 0.410 e. The minimum absolute atomic E-state index is 0. The lowest BCUT2D eigenvalue weighted by Crippen LogP contribution is -2.38. The van der Waals surface area contributed by atoms with Crippen molar-refractivity contribution in [3.8, 4) is 11.5 Å². The molecule has 4 aromatic carbocycles. The summed E-state index contributed by atoms with van der Waals surface area (Å²) in [6.07, 6.45) is 1.68. The van der Waals surface area contributed by atoms with Gasteiger partial charge in [0.25, 0.3) is 0 Å². The number of aromatic nitrogens is 2. The van der Waals surface area contributed by atoms with Gasteiger partial charge in [-0.2, -0.15) is 23.5 Å². The number of amides is 1. The Morgan fingerprint density at radius 3 is 1.63 bits per heavy atom. The lowest BCUT2D eigenvalue weighted by molar-refractivity contribution is 0.0252. The van der Waals surface area contributed by atoms with Crippen LogP contribution in [0, 0.1) is 0 Å². The smallest absolute Gasteiger partial charge is 0.410 e. The van der Waals surface area contributed by atoms with Crippen LogP contribution in [0.15, 0.2) is 82.4 Å². The second-order valence-electron chi connectivity index (χ2n) is 17.1. The topological polar surface area (TPSA) is 212 Å². The number of nitrogens with zero attached hydrogens (tertiary/aromatic N) is 1. The van der Waals surface area contributed by atoms with E-state index in [2.05, 4.69) is 32.0 Å². The van der Waals surface area contributed by atoms with Gasteiger partial charge in [-0.15, -0.1) is 34.0 Å². The molecule has 0 aliphatic carbocycles. The molecule has 0 unspecified atom stereocenters. The number of aliphatic hydroxyl groups is 2. The van der Waals surface area contributed by atoms with Gasteiger partial charge in [0.15, 0.2) is 0 Å². The number of hydrogen-bond acceptors (Lipinski definition) is 15. The summed E-state index contributed by atoms with van der Waals surface area (Å²) in [4.78, 5) is 42.5. The van der Waals surface area contributed by atoms with Crippen LogP contribution in [0.1, 0.15) is 68.1 Å². The highest BCUT2D eigenvalue weighted by molar-refractivity contribution is 8.93. The third-order valence-electron chi connectivity index (χ3n) is 10.6. The minimum Gasteiger partial charge on any atom is -0.506 e. The molecule has 0 radical (unpaired) electrons. The molecule has 0 bridgehead atoms. The number of hydrogen-bond donors (Lipinski definition) is 9. The molecule has 2 aromatic heterocycles. The first kappa shape index (κ1) is 62.5. The van der Waals surface area contributed by atoms with Gasteiger partial charge in [-0.25, -0.2) is 4.79 Å². The van der Waals surface area contributed by atoms with Crippen LogP contribution in [-0.2, 0) is 17.6 Å². The number of rotatable bonds is 26. The number of carbonyl (C=O) groups is 1. The standard InChI is InChI=1S/C27H36ClN3O5S2.C22H28ClN3O3S2.2BrH/c1-27(2,3)36-26(35)31(14-11-18-7-4-5-8-20(18)28)13-6-15-37-16-12-29-17-22(33)19-9-10-21(32)23-24(19)38-25(34)30-23;23-17-5-2-1-4-15(17)8-10-24-9-3-12-30-13-11-25-14-19(28)16-6-7-18(27)20-21(16)31-22(29)26-20;;/h4-5,7-10,22,29,32-33H,6,11-17H2,1-3H3,(H,30,34);1-2,4-7,19,24-25,27-28H,3,8-14H2,(H,26,29);2*1H/t22-;19-;;/m00../s1. The SMILES string of the molecule is Br.Br.CC(C)(C)OC(=O)N(CCCSCCNC[C@H](O)c1ccc(O)c2[nH]c(=O)sc12)CCc1ccccc1Cl.O=c1[nH]c2c(O)ccc([C@@H](O)CNCCSCCCNCCc3ccccc3Cl)c2s1. The molecule has 22 heteroatoms. The highest BCUT2D eigenvalue weighted by atomic mass is 79.9. The number of aliphatic hydroxyl groups excluding tert-OH is 2. The maximum atomic E-state index is 12.8. The summed E-state index contributed by atoms with van der Waals surface area (Å²) in [5.74, 6) is 3.79. The summed E-state index contributed by atoms with van der Waals surface area (Å²) < 4.78 is 6.78. The number of fused-ring (bicyclic) bond motifs is 2. The van der Waals surface area contributed by atoms with Gasteiger partial charge in [-0.1, -0.05) is 94.4 Å². The van der Waals surface area contributed by atoms with Crippen molar-refractivity contribution in [2.75, 3.05) is 75.4 Å². The summed E-state index contributed by atoms with van der Waals surface area (Å²) in [7, 11) is 0. The van der Waals surface area contributed by atoms with Crippen molar-refractivity contribution in [1.82, 2.24) is 30.8 Å². The van der Waals surface area contributed by atoms with Gasteiger partial charge in [0.2, 0.25) is 0 Å². The predicted molar refractivity (Wildman–Crippen MR) is 309 cm³/mol. The third-order valence-corrected chi connectivity index (χ3v) is 15.3. The molecule has 0 saturated heterocycles. The van der Waals surface area contributed by atoms with E-state index in [9.17, 15) is 34.8 Å². The van der Waals surface area contributed by atoms with Gasteiger partial charge in [0.05, 0.1) is 21.6 Å². The Hall–Kier alpha value is -2.83. The van der Waals surface area contributed by atoms with Crippen molar-refractivity contribution in [3.05, 3.63) is 124 Å². The van der Waals surface area contributed by atoms with Crippen molar-refractivity contribution in [2.45, 2.75) is 64.3 Å². The highest BCUT2D eigenvalue weighted by Crippen LogP contribution is 2.32. The Morgan fingerprint density at radius 1 is 0.662 bits per heavy atom. The van der Waals surface area contributed by atoms with Gasteiger partial charge >= 0.3 is 15.8 Å². The average molecular weight is 1230 g/mol. The van der Waals surface area contributed by atoms with Crippen molar-refractivity contribution in [2.24, 2.45) is 0 Å². The zero-order valence-corrected chi connectivity index (χ0v) is 48.2. The number of thioether (sulfide) groups is 2. The molecule has 0 spiro atoms. The first-order valence-electron chi connectivity index (χ1n) is 22.9. The molecular formula is C49H66Br2Cl2N6O8S4. The number of phenols is 2. The molecule has 71 heavy (non-hydrogen) atoms. The quantitative estimate of drug-likeness (QED) is 0.0232. The lowest BCUT2D eigenvalue weighted by atomic mass is 10.1. The Balaban J connectivity index is 0.000000372. The van der Waals surface area contributed by atoms with Gasteiger partial charge < -0.3 is 56.0 Å². The highest BCUT2D eigenvalue weighted by Gasteiger charge is 2.22. The summed E-state index contributed by atoms with van der Waals surface area (Å²) in [5.41, 5.74) is 3.64. The zero-order chi connectivity index (χ0) is 49.8. The zero-order valence-electron chi connectivity index (χ0n) is 40.0. The molecule has 14 nitrogen and oxygen atoms in total. The van der Waals surface area contributed by atoms with Crippen LogP contribution in [0.25, 0.3) is 20.4 Å². The number of benzene rings is 4. The molecule has 1 amide bonds. The van der Waals surface area contributed by atoms with Gasteiger partial charge in [0.1, 0.15) is 28.1 Å². The number of phenolic OH excluding ortho intramolecular Hbond substituents is 2. The van der Waals surface area contributed by atoms with Crippen LogP contribution in [0.5, 0.6) is 11.5 Å². The Labute approximate surface area is 462 Å². The molecule has 2 heterocycles. The van der Waals surface area contributed by atoms with Crippen molar-refractivity contribution in [3.63, 3.8) is 0 Å². The lowest BCUT2D eigenvalue weighted by Gasteiger charge is -2.27. The summed E-state index contributed by atoms with van der Waals surface area (Å²) in [5, 5.41) is 52.3. The molecule has 392 valence electrons. The molecular weight excluding hydrogens is 1160 g/mol. The minimum atomic E-state index is -0.796. The molecule has 0 aliphatic rings. The molecule has 0 saturated carbocycles. The van der Waals surface area contributed by atoms with Gasteiger partial charge in [0, 0.05) is 71.9 Å². The number of H-pyrrole nitrogens is 2. The molecule has 0 aliphatic heterocycles. The van der Waals surface area contributed by atoms with E-state index < -0.39 is 17.8 Å².